The summed E-state index contributed by atoms with van der Waals surface area (Å²) in [7, 11) is 0. The number of aliphatic carboxylic acids is 1. The molecule has 6 nitrogen and oxygen atoms in total. The summed E-state index contributed by atoms with van der Waals surface area (Å²) in [6.07, 6.45) is 0.633. The number of carboxylic acid groups (broad SMARTS) is 1. The van der Waals surface area contributed by atoms with E-state index in [9.17, 15) is 14.4 Å². The highest BCUT2D eigenvalue weighted by Crippen LogP contribution is 2.07. The van der Waals surface area contributed by atoms with Crippen LogP contribution in [0.15, 0.2) is 30.3 Å². The van der Waals surface area contributed by atoms with E-state index in [0.717, 1.165) is 0 Å². The maximum absolute atomic E-state index is 11.8. The molecule has 6 heteroatoms. The third kappa shape index (κ3) is 5.25. The molecule has 1 rings (SSSR count). The van der Waals surface area contributed by atoms with Gasteiger partial charge in [-0.2, -0.15) is 0 Å². The van der Waals surface area contributed by atoms with Crippen LogP contribution in [0.4, 0.5) is 0 Å². The van der Waals surface area contributed by atoms with Crippen molar-refractivity contribution >= 4 is 17.8 Å². The van der Waals surface area contributed by atoms with Crippen LogP contribution in [0.2, 0.25) is 0 Å². The number of benzene rings is 1. The lowest BCUT2D eigenvalue weighted by molar-refractivity contribution is -0.143. The van der Waals surface area contributed by atoms with Gasteiger partial charge in [0.05, 0.1) is 6.54 Å². The van der Waals surface area contributed by atoms with Gasteiger partial charge in [-0.05, 0) is 18.1 Å². The van der Waals surface area contributed by atoms with Crippen molar-refractivity contribution in [2.24, 2.45) is 5.92 Å². The van der Waals surface area contributed by atoms with E-state index < -0.39 is 17.9 Å². The van der Waals surface area contributed by atoms with E-state index in [1.165, 1.54) is 0 Å². The van der Waals surface area contributed by atoms with Crippen molar-refractivity contribution in [1.82, 2.24) is 10.6 Å². The molecule has 0 radical (unpaired) electrons. The van der Waals surface area contributed by atoms with Crippen LogP contribution in [-0.2, 0) is 9.59 Å². The lowest BCUT2D eigenvalue weighted by Crippen LogP contribution is -2.48. The van der Waals surface area contributed by atoms with Crippen molar-refractivity contribution in [2.45, 2.75) is 26.3 Å². The highest BCUT2D eigenvalue weighted by atomic mass is 16.4. The second-order valence-corrected chi connectivity index (χ2v) is 4.82. The fourth-order valence-electron chi connectivity index (χ4n) is 1.76. The van der Waals surface area contributed by atoms with Gasteiger partial charge in [0.15, 0.2) is 0 Å². The van der Waals surface area contributed by atoms with E-state index in [1.807, 2.05) is 6.92 Å². The molecule has 0 unspecified atom stereocenters. The first-order valence-electron chi connectivity index (χ1n) is 6.81. The third-order valence-electron chi connectivity index (χ3n) is 3.24. The molecule has 0 fully saturated rings. The van der Waals surface area contributed by atoms with Gasteiger partial charge < -0.3 is 15.7 Å². The largest absolute Gasteiger partial charge is 0.480 e. The molecule has 0 saturated heterocycles. The second kappa shape index (κ2) is 8.04. The van der Waals surface area contributed by atoms with Crippen molar-refractivity contribution in [3.63, 3.8) is 0 Å². The fraction of sp³-hybridized carbons (Fsp3) is 0.400. The summed E-state index contributed by atoms with van der Waals surface area (Å²) in [5, 5.41) is 14.0. The molecule has 21 heavy (non-hydrogen) atoms. The van der Waals surface area contributed by atoms with Gasteiger partial charge in [-0.1, -0.05) is 38.5 Å². The van der Waals surface area contributed by atoms with E-state index in [4.69, 9.17) is 5.11 Å². The van der Waals surface area contributed by atoms with Gasteiger partial charge in [0.1, 0.15) is 6.04 Å². The van der Waals surface area contributed by atoms with Gasteiger partial charge in [0, 0.05) is 5.56 Å². The van der Waals surface area contributed by atoms with Crippen LogP contribution in [-0.4, -0.2) is 35.5 Å². The van der Waals surface area contributed by atoms with Gasteiger partial charge in [-0.15, -0.1) is 0 Å². The molecule has 0 aromatic heterocycles. The number of rotatable bonds is 7. The smallest absolute Gasteiger partial charge is 0.326 e. The Bertz CT molecular complexity index is 502. The average molecular weight is 292 g/mol. The van der Waals surface area contributed by atoms with Gasteiger partial charge in [-0.25, -0.2) is 4.79 Å². The van der Waals surface area contributed by atoms with Crippen LogP contribution in [0.3, 0.4) is 0 Å². The molecule has 0 bridgehead atoms. The zero-order valence-electron chi connectivity index (χ0n) is 12.1. The Labute approximate surface area is 123 Å². The molecule has 2 atom stereocenters. The molecule has 0 aliphatic carbocycles. The number of nitrogens with one attached hydrogen (secondary N) is 2. The molecule has 0 saturated carbocycles. The second-order valence-electron chi connectivity index (χ2n) is 4.82. The van der Waals surface area contributed by atoms with E-state index in [-0.39, 0.29) is 18.4 Å². The summed E-state index contributed by atoms with van der Waals surface area (Å²) in [6, 6.07) is 7.54. The number of carboxylic acids is 1. The maximum Gasteiger partial charge on any atom is 0.326 e. The van der Waals surface area contributed by atoms with Gasteiger partial charge in [0.25, 0.3) is 5.91 Å². The highest BCUT2D eigenvalue weighted by Gasteiger charge is 2.25. The summed E-state index contributed by atoms with van der Waals surface area (Å²) in [5.74, 6) is -2.16. The predicted molar refractivity (Wildman–Crippen MR) is 77.8 cm³/mol. The van der Waals surface area contributed by atoms with Crippen LogP contribution in [0.5, 0.6) is 0 Å². The molecule has 0 aliphatic rings. The van der Waals surface area contributed by atoms with Crippen LogP contribution in [0, 0.1) is 5.92 Å². The number of carbonyl (C=O) groups is 3. The fourth-order valence-corrected chi connectivity index (χ4v) is 1.76. The molecule has 114 valence electrons. The number of carbonyl (C=O) groups excluding carboxylic acids is 2. The highest BCUT2D eigenvalue weighted by molar-refractivity contribution is 5.96. The van der Waals surface area contributed by atoms with Crippen molar-refractivity contribution in [3.8, 4) is 0 Å². The lowest BCUT2D eigenvalue weighted by atomic mass is 9.99. The van der Waals surface area contributed by atoms with Crippen molar-refractivity contribution in [1.29, 1.82) is 0 Å². The van der Waals surface area contributed by atoms with Crippen molar-refractivity contribution < 1.29 is 19.5 Å². The van der Waals surface area contributed by atoms with E-state index >= 15 is 0 Å². The number of hydrogen-bond donors (Lipinski definition) is 3. The normalized spacial score (nSPS) is 13.0. The first kappa shape index (κ1) is 16.7. The first-order chi connectivity index (χ1) is 9.95. The molecule has 1 aromatic rings. The molecular formula is C15H20N2O4. The van der Waals surface area contributed by atoms with Crippen molar-refractivity contribution in [2.75, 3.05) is 6.54 Å². The summed E-state index contributed by atoms with van der Waals surface area (Å²) >= 11 is 0. The van der Waals surface area contributed by atoms with Crippen LogP contribution >= 0.6 is 0 Å². The van der Waals surface area contributed by atoms with Crippen molar-refractivity contribution in [3.05, 3.63) is 35.9 Å². The standard InChI is InChI=1S/C15H20N2O4/c1-3-10(2)13(15(20)21)17-12(18)9-16-14(19)11-7-5-4-6-8-11/h4-8,10,13H,3,9H2,1-2H3,(H,16,19)(H,17,18)(H,20,21)/t10-,13-/m0/s1. The monoisotopic (exact) mass is 292 g/mol. The molecule has 2 amide bonds. The average Bonchev–Trinajstić information content (AvgIpc) is 2.50. The topological polar surface area (TPSA) is 95.5 Å². The Balaban J connectivity index is 2.50. The molecule has 0 aliphatic heterocycles. The minimum absolute atomic E-state index is 0.184. The lowest BCUT2D eigenvalue weighted by Gasteiger charge is -2.20. The zero-order valence-corrected chi connectivity index (χ0v) is 12.1. The molecule has 0 heterocycles. The van der Waals surface area contributed by atoms with E-state index in [1.54, 1.807) is 37.3 Å². The summed E-state index contributed by atoms with van der Waals surface area (Å²) in [5.41, 5.74) is 0.446. The molecule has 0 spiro atoms. The van der Waals surface area contributed by atoms with Crippen LogP contribution in [0.1, 0.15) is 30.6 Å². The van der Waals surface area contributed by atoms with Crippen LogP contribution in [0.25, 0.3) is 0 Å². The quantitative estimate of drug-likeness (QED) is 0.699. The maximum atomic E-state index is 11.8. The van der Waals surface area contributed by atoms with E-state index in [2.05, 4.69) is 10.6 Å². The summed E-state index contributed by atoms with van der Waals surface area (Å²) in [6.45, 7) is 3.35. The minimum Gasteiger partial charge on any atom is -0.480 e. The van der Waals surface area contributed by atoms with Crippen LogP contribution < -0.4 is 10.6 Å². The minimum atomic E-state index is -1.08. The molecular weight excluding hydrogens is 272 g/mol. The zero-order chi connectivity index (χ0) is 15.8. The SMILES string of the molecule is CC[C@H](C)[C@H](NC(=O)CNC(=O)c1ccccc1)C(=O)O. The third-order valence-corrected chi connectivity index (χ3v) is 3.24. The Morgan fingerprint density at radius 2 is 1.81 bits per heavy atom. The summed E-state index contributed by atoms with van der Waals surface area (Å²) < 4.78 is 0. The van der Waals surface area contributed by atoms with Gasteiger partial charge in [0.2, 0.25) is 5.91 Å². The molecule has 3 N–H and O–H groups in total. The molecule has 1 aromatic carbocycles. The Morgan fingerprint density at radius 1 is 1.19 bits per heavy atom. The Morgan fingerprint density at radius 3 is 2.33 bits per heavy atom. The first-order valence-corrected chi connectivity index (χ1v) is 6.81. The number of amides is 2. The van der Waals surface area contributed by atoms with E-state index in [0.29, 0.717) is 12.0 Å². The Kier molecular flexibility index (Phi) is 6.39. The Hall–Kier alpha value is -2.37. The summed E-state index contributed by atoms with van der Waals surface area (Å²) in [4.78, 5) is 34.6. The predicted octanol–water partition coefficient (Wildman–Crippen LogP) is 1.03. The van der Waals surface area contributed by atoms with Gasteiger partial charge >= 0.3 is 5.97 Å². The van der Waals surface area contributed by atoms with Gasteiger partial charge in [-0.3, -0.25) is 9.59 Å². The number of hydrogen-bond acceptors (Lipinski definition) is 3.